The second-order valence-corrected chi connectivity index (χ2v) is 7.67. The van der Waals surface area contributed by atoms with Gasteiger partial charge in [0.1, 0.15) is 0 Å². The molecular weight excluding hydrogens is 349 g/mol. The van der Waals surface area contributed by atoms with Crippen LogP contribution < -0.4 is 5.32 Å². The third-order valence-corrected chi connectivity index (χ3v) is 6.30. The number of halogens is 2. The molecule has 1 spiro atoms. The summed E-state index contributed by atoms with van der Waals surface area (Å²) in [5.41, 5.74) is -0.393. The van der Waals surface area contributed by atoms with Crippen LogP contribution in [0.3, 0.4) is 0 Å². The van der Waals surface area contributed by atoms with Gasteiger partial charge < -0.3 is 5.32 Å². The Labute approximate surface area is 156 Å². The lowest BCUT2D eigenvalue weighted by atomic mass is 9.77. The monoisotopic (exact) mass is 377 g/mol. The number of nitrogens with zero attached hydrogens (tertiary/aromatic N) is 2. The van der Waals surface area contributed by atoms with E-state index in [0.29, 0.717) is 12.5 Å². The molecule has 4 fully saturated rings. The van der Waals surface area contributed by atoms with Crippen molar-refractivity contribution in [2.45, 2.75) is 63.5 Å². The molecule has 3 aliphatic heterocycles. The minimum Gasteiger partial charge on any atom is -0.317 e. The van der Waals surface area contributed by atoms with Crippen LogP contribution in [0.4, 0.5) is 0 Å². The molecule has 1 unspecified atom stereocenters. The number of hydrogen-bond acceptors (Lipinski definition) is 4. The molecule has 5 nitrogen and oxygen atoms in total. The van der Waals surface area contributed by atoms with Crippen LogP contribution in [0.5, 0.6) is 0 Å². The molecule has 0 aromatic carbocycles. The molecule has 138 valence electrons. The highest BCUT2D eigenvalue weighted by atomic mass is 35.5. The fourth-order valence-corrected chi connectivity index (χ4v) is 4.80. The molecule has 1 N–H and O–H groups in total. The van der Waals surface area contributed by atoms with Crippen LogP contribution in [0.25, 0.3) is 0 Å². The minimum atomic E-state index is -0.393. The van der Waals surface area contributed by atoms with Crippen LogP contribution >= 0.6 is 24.8 Å². The van der Waals surface area contributed by atoms with Gasteiger partial charge in [0.25, 0.3) is 0 Å². The molecule has 4 aliphatic rings. The standard InChI is InChI=1S/C17H27N3O2.2ClH/c21-15-11-17(16(22)20(15)14-3-1-4-14)7-2-10-19(12-17)13-5-8-18-9-6-13;;/h13-14,18H,1-12H2;2*1H. The van der Waals surface area contributed by atoms with Crippen LogP contribution in [-0.4, -0.2) is 59.9 Å². The summed E-state index contributed by atoms with van der Waals surface area (Å²) in [7, 11) is 0. The summed E-state index contributed by atoms with van der Waals surface area (Å²) in [5.74, 6) is 0.252. The zero-order valence-corrected chi connectivity index (χ0v) is 15.8. The first-order chi connectivity index (χ1) is 10.7. The number of carbonyl (C=O) groups excluding carboxylic acids is 2. The van der Waals surface area contributed by atoms with E-state index in [0.717, 1.165) is 58.3 Å². The number of likely N-dealkylation sites (tertiary alicyclic amines) is 2. The van der Waals surface area contributed by atoms with Gasteiger partial charge in [-0.25, -0.2) is 0 Å². The average Bonchev–Trinajstić information content (AvgIpc) is 2.71. The van der Waals surface area contributed by atoms with E-state index in [1.54, 1.807) is 4.90 Å². The maximum Gasteiger partial charge on any atom is 0.237 e. The number of amides is 2. The Bertz CT molecular complexity index is 480. The molecular formula is C17H29Cl2N3O2. The Morgan fingerprint density at radius 2 is 1.67 bits per heavy atom. The Morgan fingerprint density at radius 1 is 0.958 bits per heavy atom. The lowest BCUT2D eigenvalue weighted by Crippen LogP contribution is -2.54. The van der Waals surface area contributed by atoms with Gasteiger partial charge in [0, 0.05) is 25.0 Å². The Hall–Kier alpha value is -0.360. The van der Waals surface area contributed by atoms with Crippen molar-refractivity contribution in [2.24, 2.45) is 5.41 Å². The van der Waals surface area contributed by atoms with E-state index in [1.165, 1.54) is 12.8 Å². The Morgan fingerprint density at radius 3 is 2.29 bits per heavy atom. The SMILES string of the molecule is Cl.Cl.O=C1CC2(CCCN(C3CCNCC3)C2)C(=O)N1C1CCC1. The number of hydrogen-bond donors (Lipinski definition) is 1. The van der Waals surface area contributed by atoms with Gasteiger partial charge in [0.05, 0.1) is 5.41 Å². The molecule has 2 amide bonds. The zero-order chi connectivity index (χ0) is 15.2. The quantitative estimate of drug-likeness (QED) is 0.747. The van der Waals surface area contributed by atoms with Crippen LogP contribution in [-0.2, 0) is 9.59 Å². The van der Waals surface area contributed by atoms with Crippen LogP contribution in [0, 0.1) is 5.41 Å². The summed E-state index contributed by atoms with van der Waals surface area (Å²) in [6.45, 7) is 4.06. The lowest BCUT2D eigenvalue weighted by Gasteiger charge is -2.44. The van der Waals surface area contributed by atoms with Gasteiger partial charge >= 0.3 is 0 Å². The number of piperidine rings is 2. The first-order valence-corrected chi connectivity index (χ1v) is 9.01. The fraction of sp³-hybridized carbons (Fsp3) is 0.882. The van der Waals surface area contributed by atoms with Crippen molar-refractivity contribution in [3.63, 3.8) is 0 Å². The molecule has 0 radical (unpaired) electrons. The molecule has 3 saturated heterocycles. The molecule has 0 aromatic heterocycles. The van der Waals surface area contributed by atoms with E-state index >= 15 is 0 Å². The molecule has 1 atom stereocenters. The third kappa shape index (κ3) is 3.33. The molecule has 1 aliphatic carbocycles. The van der Waals surface area contributed by atoms with Crippen LogP contribution in [0.1, 0.15) is 51.4 Å². The van der Waals surface area contributed by atoms with Gasteiger partial charge in [-0.05, 0) is 64.6 Å². The summed E-state index contributed by atoms with van der Waals surface area (Å²) in [4.78, 5) is 29.6. The molecule has 1 saturated carbocycles. The topological polar surface area (TPSA) is 52.7 Å². The van der Waals surface area contributed by atoms with E-state index in [1.807, 2.05) is 0 Å². The van der Waals surface area contributed by atoms with E-state index < -0.39 is 5.41 Å². The number of imide groups is 1. The van der Waals surface area contributed by atoms with Gasteiger partial charge in [-0.1, -0.05) is 0 Å². The van der Waals surface area contributed by atoms with Crippen molar-refractivity contribution >= 4 is 36.6 Å². The third-order valence-electron chi connectivity index (χ3n) is 6.30. The highest BCUT2D eigenvalue weighted by Crippen LogP contribution is 2.44. The summed E-state index contributed by atoms with van der Waals surface area (Å²) < 4.78 is 0. The first kappa shape index (κ1) is 20.0. The van der Waals surface area contributed by atoms with Gasteiger partial charge in [-0.3, -0.25) is 19.4 Å². The number of nitrogens with one attached hydrogen (secondary N) is 1. The van der Waals surface area contributed by atoms with E-state index in [2.05, 4.69) is 10.2 Å². The van der Waals surface area contributed by atoms with Gasteiger partial charge in [0.15, 0.2) is 0 Å². The smallest absolute Gasteiger partial charge is 0.237 e. The van der Waals surface area contributed by atoms with Crippen molar-refractivity contribution in [1.29, 1.82) is 0 Å². The first-order valence-electron chi connectivity index (χ1n) is 9.01. The normalized spacial score (nSPS) is 32.4. The van der Waals surface area contributed by atoms with Crippen molar-refractivity contribution < 1.29 is 9.59 Å². The van der Waals surface area contributed by atoms with Gasteiger partial charge in [-0.15, -0.1) is 24.8 Å². The van der Waals surface area contributed by atoms with Crippen LogP contribution in [0.2, 0.25) is 0 Å². The zero-order valence-electron chi connectivity index (χ0n) is 14.2. The molecule has 7 heteroatoms. The van der Waals surface area contributed by atoms with E-state index in [-0.39, 0.29) is 42.7 Å². The maximum absolute atomic E-state index is 13.0. The van der Waals surface area contributed by atoms with Crippen molar-refractivity contribution in [1.82, 2.24) is 15.1 Å². The number of rotatable bonds is 2. The van der Waals surface area contributed by atoms with Crippen molar-refractivity contribution in [3.8, 4) is 0 Å². The summed E-state index contributed by atoms with van der Waals surface area (Å²) in [5, 5.41) is 3.41. The Kier molecular flexibility index (Phi) is 6.57. The van der Waals surface area contributed by atoms with Gasteiger partial charge in [-0.2, -0.15) is 0 Å². The average molecular weight is 378 g/mol. The predicted octanol–water partition coefficient (Wildman–Crippen LogP) is 1.98. The molecule has 3 heterocycles. The maximum atomic E-state index is 13.0. The highest BCUT2D eigenvalue weighted by Gasteiger charge is 2.55. The molecule has 24 heavy (non-hydrogen) atoms. The second-order valence-electron chi connectivity index (χ2n) is 7.67. The summed E-state index contributed by atoms with van der Waals surface area (Å²) >= 11 is 0. The van der Waals surface area contributed by atoms with Crippen molar-refractivity contribution in [2.75, 3.05) is 26.2 Å². The van der Waals surface area contributed by atoms with E-state index in [9.17, 15) is 9.59 Å². The number of carbonyl (C=O) groups is 2. The Balaban J connectivity index is 0.00000104. The molecule has 4 rings (SSSR count). The largest absolute Gasteiger partial charge is 0.317 e. The van der Waals surface area contributed by atoms with Gasteiger partial charge in [0.2, 0.25) is 11.8 Å². The molecule has 0 aromatic rings. The summed E-state index contributed by atoms with van der Waals surface area (Å²) in [6, 6.07) is 0.813. The predicted molar refractivity (Wildman–Crippen MR) is 97.7 cm³/mol. The minimum absolute atomic E-state index is 0. The highest BCUT2D eigenvalue weighted by molar-refractivity contribution is 6.06. The molecule has 0 bridgehead atoms. The van der Waals surface area contributed by atoms with Crippen LogP contribution in [0.15, 0.2) is 0 Å². The summed E-state index contributed by atoms with van der Waals surface area (Å²) in [6.07, 6.45) is 7.97. The van der Waals surface area contributed by atoms with E-state index in [4.69, 9.17) is 0 Å². The fourth-order valence-electron chi connectivity index (χ4n) is 4.80. The van der Waals surface area contributed by atoms with Crippen molar-refractivity contribution in [3.05, 3.63) is 0 Å². The second kappa shape index (κ2) is 7.90. The lowest BCUT2D eigenvalue weighted by molar-refractivity contribution is -0.147.